The van der Waals surface area contributed by atoms with Gasteiger partial charge in [-0.05, 0) is 74.0 Å². The van der Waals surface area contributed by atoms with Crippen LogP contribution in [0.15, 0.2) is 24.3 Å². The van der Waals surface area contributed by atoms with Crippen molar-refractivity contribution >= 4 is 6.03 Å². The van der Waals surface area contributed by atoms with Crippen LogP contribution < -0.4 is 15.4 Å². The minimum absolute atomic E-state index is 0.0113. The number of hydrogen-bond donors (Lipinski definition) is 2. The summed E-state index contributed by atoms with van der Waals surface area (Å²) in [4.78, 5) is 12.4. The van der Waals surface area contributed by atoms with E-state index in [1.54, 1.807) is 7.11 Å². The van der Waals surface area contributed by atoms with Crippen molar-refractivity contribution in [2.45, 2.75) is 50.6 Å². The molecule has 0 aromatic heterocycles. The first-order valence-electron chi connectivity index (χ1n) is 8.83. The molecular formula is C19H26N2O2. The average molecular weight is 314 g/mol. The number of methoxy groups -OCH3 is 1. The van der Waals surface area contributed by atoms with Crippen molar-refractivity contribution in [1.29, 1.82) is 0 Å². The van der Waals surface area contributed by atoms with E-state index in [1.165, 1.54) is 38.5 Å². The van der Waals surface area contributed by atoms with E-state index in [1.807, 2.05) is 24.3 Å². The van der Waals surface area contributed by atoms with Crippen molar-refractivity contribution in [3.05, 3.63) is 29.8 Å². The van der Waals surface area contributed by atoms with Gasteiger partial charge in [0.05, 0.1) is 7.11 Å². The van der Waals surface area contributed by atoms with Gasteiger partial charge in [-0.15, -0.1) is 0 Å². The van der Waals surface area contributed by atoms with Gasteiger partial charge in [-0.2, -0.15) is 0 Å². The van der Waals surface area contributed by atoms with Gasteiger partial charge in [-0.1, -0.05) is 12.1 Å². The van der Waals surface area contributed by atoms with E-state index in [0.717, 1.165) is 29.1 Å². The summed E-state index contributed by atoms with van der Waals surface area (Å²) in [6.45, 7) is 0.558. The van der Waals surface area contributed by atoms with Gasteiger partial charge in [0.2, 0.25) is 0 Å². The van der Waals surface area contributed by atoms with Crippen LogP contribution >= 0.6 is 0 Å². The maximum absolute atomic E-state index is 12.4. The SMILES string of the molecule is COc1ccc(CNC(=O)NC23CC4CC(CC(C4)C2)C3)cc1. The molecule has 4 aliphatic rings. The van der Waals surface area contributed by atoms with E-state index in [-0.39, 0.29) is 11.6 Å². The Hall–Kier alpha value is -1.71. The molecule has 5 rings (SSSR count). The van der Waals surface area contributed by atoms with Crippen LogP contribution in [0.25, 0.3) is 0 Å². The van der Waals surface area contributed by atoms with Gasteiger partial charge in [-0.25, -0.2) is 4.79 Å². The maximum atomic E-state index is 12.4. The number of rotatable bonds is 4. The van der Waals surface area contributed by atoms with E-state index in [9.17, 15) is 4.79 Å². The first kappa shape index (κ1) is 14.9. The highest BCUT2D eigenvalue weighted by molar-refractivity contribution is 5.75. The minimum Gasteiger partial charge on any atom is -0.497 e. The van der Waals surface area contributed by atoms with Crippen LogP contribution in [0.3, 0.4) is 0 Å². The van der Waals surface area contributed by atoms with Crippen molar-refractivity contribution in [3.8, 4) is 5.75 Å². The number of hydrogen-bond acceptors (Lipinski definition) is 2. The highest BCUT2D eigenvalue weighted by Crippen LogP contribution is 2.55. The van der Waals surface area contributed by atoms with Gasteiger partial charge >= 0.3 is 6.03 Å². The fraction of sp³-hybridized carbons (Fsp3) is 0.632. The maximum Gasteiger partial charge on any atom is 0.315 e. The third-order valence-corrected chi connectivity index (χ3v) is 6.03. The summed E-state index contributed by atoms with van der Waals surface area (Å²) < 4.78 is 5.15. The highest BCUT2D eigenvalue weighted by atomic mass is 16.5. The van der Waals surface area contributed by atoms with E-state index in [2.05, 4.69) is 10.6 Å². The van der Waals surface area contributed by atoms with Crippen LogP contribution in [0.4, 0.5) is 4.79 Å². The van der Waals surface area contributed by atoms with Gasteiger partial charge < -0.3 is 15.4 Å². The molecule has 0 heterocycles. The van der Waals surface area contributed by atoms with Crippen molar-refractivity contribution in [2.24, 2.45) is 17.8 Å². The van der Waals surface area contributed by atoms with E-state index in [0.29, 0.717) is 6.54 Å². The predicted molar refractivity (Wildman–Crippen MR) is 89.3 cm³/mol. The Balaban J connectivity index is 1.33. The fourth-order valence-electron chi connectivity index (χ4n) is 5.47. The molecule has 4 saturated carbocycles. The zero-order chi connectivity index (χ0) is 15.9. The third-order valence-electron chi connectivity index (χ3n) is 6.03. The van der Waals surface area contributed by atoms with Crippen LogP contribution in [0.5, 0.6) is 5.75 Å². The molecule has 4 aliphatic carbocycles. The Morgan fingerprint density at radius 3 is 2.17 bits per heavy atom. The molecule has 0 aliphatic heterocycles. The first-order chi connectivity index (χ1) is 11.1. The summed E-state index contributed by atoms with van der Waals surface area (Å²) in [7, 11) is 1.66. The summed E-state index contributed by atoms with van der Waals surface area (Å²) in [5, 5.41) is 6.36. The molecule has 0 spiro atoms. The quantitative estimate of drug-likeness (QED) is 0.894. The molecule has 0 unspecified atom stereocenters. The zero-order valence-corrected chi connectivity index (χ0v) is 13.8. The number of carbonyl (C=O) groups is 1. The molecule has 2 N–H and O–H groups in total. The zero-order valence-electron chi connectivity index (χ0n) is 13.8. The predicted octanol–water partition coefficient (Wildman–Crippen LogP) is 3.46. The van der Waals surface area contributed by atoms with E-state index in [4.69, 9.17) is 4.74 Å². The number of benzene rings is 1. The molecule has 0 radical (unpaired) electrons. The molecule has 0 atom stereocenters. The van der Waals surface area contributed by atoms with E-state index < -0.39 is 0 Å². The number of amides is 2. The van der Waals surface area contributed by atoms with Crippen molar-refractivity contribution in [2.75, 3.05) is 7.11 Å². The molecule has 23 heavy (non-hydrogen) atoms. The van der Waals surface area contributed by atoms with Crippen LogP contribution in [0.2, 0.25) is 0 Å². The molecule has 4 bridgehead atoms. The summed E-state index contributed by atoms with van der Waals surface area (Å²) >= 11 is 0. The van der Waals surface area contributed by atoms with Crippen LogP contribution in [0, 0.1) is 17.8 Å². The topological polar surface area (TPSA) is 50.4 Å². The Morgan fingerprint density at radius 1 is 1.09 bits per heavy atom. The van der Waals surface area contributed by atoms with Crippen LogP contribution in [-0.4, -0.2) is 18.7 Å². The Morgan fingerprint density at radius 2 is 1.65 bits per heavy atom. The lowest BCUT2D eigenvalue weighted by molar-refractivity contribution is -0.0135. The van der Waals surface area contributed by atoms with E-state index >= 15 is 0 Å². The summed E-state index contributed by atoms with van der Waals surface area (Å²) in [5.41, 5.74) is 1.17. The Kier molecular flexibility index (Phi) is 3.70. The molecule has 124 valence electrons. The van der Waals surface area contributed by atoms with Crippen molar-refractivity contribution in [3.63, 3.8) is 0 Å². The second-order valence-electron chi connectivity index (χ2n) is 7.85. The third kappa shape index (κ3) is 3.04. The molecular weight excluding hydrogens is 288 g/mol. The van der Waals surface area contributed by atoms with Crippen LogP contribution in [-0.2, 0) is 6.54 Å². The molecule has 1 aromatic rings. The van der Waals surface area contributed by atoms with Gasteiger partial charge in [-0.3, -0.25) is 0 Å². The molecule has 2 amide bonds. The smallest absolute Gasteiger partial charge is 0.315 e. The second kappa shape index (κ2) is 5.73. The summed E-state index contributed by atoms with van der Waals surface area (Å²) in [6, 6.07) is 7.82. The molecule has 1 aromatic carbocycles. The first-order valence-corrected chi connectivity index (χ1v) is 8.83. The summed E-state index contributed by atoms with van der Waals surface area (Å²) in [6.07, 6.45) is 7.76. The van der Waals surface area contributed by atoms with Gasteiger partial charge in [0.25, 0.3) is 0 Å². The molecule has 4 fully saturated rings. The Bertz CT molecular complexity index is 546. The molecule has 4 nitrogen and oxygen atoms in total. The van der Waals surface area contributed by atoms with Crippen molar-refractivity contribution < 1.29 is 9.53 Å². The average Bonchev–Trinajstić information content (AvgIpc) is 2.51. The number of urea groups is 1. The van der Waals surface area contributed by atoms with Crippen molar-refractivity contribution in [1.82, 2.24) is 10.6 Å². The van der Waals surface area contributed by atoms with Crippen LogP contribution in [0.1, 0.15) is 44.1 Å². The highest BCUT2D eigenvalue weighted by Gasteiger charge is 2.51. The minimum atomic E-state index is -0.0113. The standard InChI is InChI=1S/C19H26N2O2/c1-23-17-4-2-13(3-5-17)12-20-18(22)21-19-9-14-6-15(10-19)8-16(7-14)11-19/h2-5,14-16H,6-12H2,1H3,(H2,20,21,22). The normalized spacial score (nSPS) is 34.2. The lowest BCUT2D eigenvalue weighted by atomic mass is 9.53. The van der Waals surface area contributed by atoms with Gasteiger partial charge in [0.15, 0.2) is 0 Å². The Labute approximate surface area is 138 Å². The fourth-order valence-corrected chi connectivity index (χ4v) is 5.47. The molecule has 0 saturated heterocycles. The number of ether oxygens (including phenoxy) is 1. The number of nitrogens with one attached hydrogen (secondary N) is 2. The number of carbonyl (C=O) groups excluding carboxylic acids is 1. The lowest BCUT2D eigenvalue weighted by Gasteiger charge is -2.56. The molecule has 4 heteroatoms. The lowest BCUT2D eigenvalue weighted by Crippen LogP contribution is -2.61. The largest absolute Gasteiger partial charge is 0.497 e. The monoisotopic (exact) mass is 314 g/mol. The van der Waals surface area contributed by atoms with Gasteiger partial charge in [0, 0.05) is 12.1 Å². The summed E-state index contributed by atoms with van der Waals surface area (Å²) in [5.74, 6) is 3.39. The van der Waals surface area contributed by atoms with Gasteiger partial charge in [0.1, 0.15) is 5.75 Å². The second-order valence-corrected chi connectivity index (χ2v) is 7.85.